The van der Waals surface area contributed by atoms with Crippen molar-refractivity contribution in [3.05, 3.63) is 65.9 Å². The SMILES string of the molecule is CCOC(=O)n1cc(C(=O)c2ccccc2N)c2ccccc21. The summed E-state index contributed by atoms with van der Waals surface area (Å²) in [7, 11) is 0. The highest BCUT2D eigenvalue weighted by Crippen LogP contribution is 2.25. The van der Waals surface area contributed by atoms with Crippen LogP contribution in [-0.4, -0.2) is 23.1 Å². The summed E-state index contributed by atoms with van der Waals surface area (Å²) in [4.78, 5) is 24.9. The number of aromatic nitrogens is 1. The average Bonchev–Trinajstić information content (AvgIpc) is 2.95. The molecule has 23 heavy (non-hydrogen) atoms. The number of nitrogens with two attached hydrogens (primary N) is 1. The van der Waals surface area contributed by atoms with Crippen molar-refractivity contribution in [2.24, 2.45) is 0 Å². The third-order valence-corrected chi connectivity index (χ3v) is 3.63. The Bertz CT molecular complexity index is 896. The lowest BCUT2D eigenvalue weighted by Crippen LogP contribution is -2.12. The highest BCUT2D eigenvalue weighted by molar-refractivity contribution is 6.19. The van der Waals surface area contributed by atoms with Crippen molar-refractivity contribution in [3.8, 4) is 0 Å². The topological polar surface area (TPSA) is 74.3 Å². The van der Waals surface area contributed by atoms with E-state index in [4.69, 9.17) is 10.5 Å². The summed E-state index contributed by atoms with van der Waals surface area (Å²) >= 11 is 0. The van der Waals surface area contributed by atoms with Gasteiger partial charge in [-0.3, -0.25) is 9.36 Å². The molecular formula is C18H16N2O3. The standard InChI is InChI=1S/C18H16N2O3/c1-2-23-18(22)20-11-14(12-7-4-6-10-16(12)20)17(21)13-8-3-5-9-15(13)19/h3-11H,2,19H2,1H3. The number of hydrogen-bond donors (Lipinski definition) is 1. The first kappa shape index (κ1) is 14.8. The van der Waals surface area contributed by atoms with Crippen LogP contribution in [0.4, 0.5) is 10.5 Å². The van der Waals surface area contributed by atoms with Gasteiger partial charge in [0.05, 0.1) is 12.1 Å². The van der Waals surface area contributed by atoms with Gasteiger partial charge in [0.25, 0.3) is 0 Å². The van der Waals surface area contributed by atoms with Crippen LogP contribution >= 0.6 is 0 Å². The van der Waals surface area contributed by atoms with Crippen LogP contribution < -0.4 is 5.73 Å². The van der Waals surface area contributed by atoms with Gasteiger partial charge in [-0.15, -0.1) is 0 Å². The second-order valence-electron chi connectivity index (χ2n) is 5.05. The summed E-state index contributed by atoms with van der Waals surface area (Å²) in [5.41, 5.74) is 7.77. The number of rotatable bonds is 3. The van der Waals surface area contributed by atoms with E-state index in [0.717, 1.165) is 0 Å². The van der Waals surface area contributed by atoms with Crippen LogP contribution in [0.25, 0.3) is 10.9 Å². The van der Waals surface area contributed by atoms with Crippen molar-refractivity contribution < 1.29 is 14.3 Å². The average molecular weight is 308 g/mol. The van der Waals surface area contributed by atoms with Gasteiger partial charge in [-0.05, 0) is 25.1 Å². The molecule has 0 aliphatic heterocycles. The lowest BCUT2D eigenvalue weighted by atomic mass is 10.0. The lowest BCUT2D eigenvalue weighted by Gasteiger charge is -2.03. The van der Waals surface area contributed by atoms with Crippen LogP contribution in [0.3, 0.4) is 0 Å². The van der Waals surface area contributed by atoms with Crippen LogP contribution in [0.1, 0.15) is 22.8 Å². The zero-order valence-electron chi connectivity index (χ0n) is 12.7. The summed E-state index contributed by atoms with van der Waals surface area (Å²) < 4.78 is 6.40. The Balaban J connectivity index is 2.17. The Morgan fingerprint density at radius 1 is 1.04 bits per heavy atom. The highest BCUT2D eigenvalue weighted by Gasteiger charge is 2.20. The maximum Gasteiger partial charge on any atom is 0.418 e. The molecule has 0 radical (unpaired) electrons. The van der Waals surface area contributed by atoms with Gasteiger partial charge in [0.1, 0.15) is 0 Å². The largest absolute Gasteiger partial charge is 0.449 e. The van der Waals surface area contributed by atoms with Crippen LogP contribution in [0, 0.1) is 0 Å². The van der Waals surface area contributed by atoms with E-state index in [2.05, 4.69) is 0 Å². The molecule has 0 amide bonds. The fourth-order valence-electron chi connectivity index (χ4n) is 2.55. The molecule has 0 unspecified atom stereocenters. The van der Waals surface area contributed by atoms with Crippen LogP contribution in [-0.2, 0) is 4.74 Å². The first-order chi connectivity index (χ1) is 11.1. The lowest BCUT2D eigenvalue weighted by molar-refractivity contribution is 0.104. The highest BCUT2D eigenvalue weighted by atomic mass is 16.5. The molecule has 1 aromatic heterocycles. The molecule has 0 aliphatic carbocycles. The molecule has 0 aliphatic rings. The third-order valence-electron chi connectivity index (χ3n) is 3.63. The zero-order valence-corrected chi connectivity index (χ0v) is 12.7. The normalized spacial score (nSPS) is 10.7. The Labute approximate surface area is 133 Å². The van der Waals surface area contributed by atoms with Crippen molar-refractivity contribution >= 4 is 28.5 Å². The Morgan fingerprint density at radius 2 is 1.74 bits per heavy atom. The van der Waals surface area contributed by atoms with E-state index >= 15 is 0 Å². The van der Waals surface area contributed by atoms with Gasteiger partial charge in [-0.2, -0.15) is 0 Å². The minimum atomic E-state index is -0.510. The van der Waals surface area contributed by atoms with Gasteiger partial charge in [0, 0.05) is 28.4 Å². The molecule has 116 valence electrons. The molecule has 0 spiro atoms. The molecule has 0 saturated heterocycles. The molecule has 3 aromatic rings. The fourth-order valence-corrected chi connectivity index (χ4v) is 2.55. The second-order valence-corrected chi connectivity index (χ2v) is 5.05. The van der Waals surface area contributed by atoms with E-state index in [1.54, 1.807) is 43.3 Å². The number of para-hydroxylation sites is 2. The number of ketones is 1. The maximum absolute atomic E-state index is 12.8. The number of fused-ring (bicyclic) bond motifs is 1. The summed E-state index contributed by atoms with van der Waals surface area (Å²) in [5, 5.41) is 0.689. The smallest absolute Gasteiger partial charge is 0.418 e. The summed E-state index contributed by atoms with van der Waals surface area (Å²) in [6.07, 6.45) is 1.00. The number of nitrogens with zero attached hydrogens (tertiary/aromatic N) is 1. The number of carbonyl (C=O) groups excluding carboxylic acids is 2. The third kappa shape index (κ3) is 2.57. The van der Waals surface area contributed by atoms with Crippen molar-refractivity contribution in [1.82, 2.24) is 4.57 Å². The predicted molar refractivity (Wildman–Crippen MR) is 88.6 cm³/mol. The summed E-state index contributed by atoms with van der Waals surface area (Å²) in [6.45, 7) is 2.00. The van der Waals surface area contributed by atoms with E-state index in [1.165, 1.54) is 10.8 Å². The first-order valence-electron chi connectivity index (χ1n) is 7.30. The van der Waals surface area contributed by atoms with Gasteiger partial charge in [0.2, 0.25) is 0 Å². The number of ether oxygens (including phenoxy) is 1. The van der Waals surface area contributed by atoms with Gasteiger partial charge in [-0.25, -0.2) is 4.79 Å². The minimum Gasteiger partial charge on any atom is -0.449 e. The van der Waals surface area contributed by atoms with Crippen LogP contribution in [0.2, 0.25) is 0 Å². The number of carbonyl (C=O) groups is 2. The molecule has 1 heterocycles. The molecule has 5 nitrogen and oxygen atoms in total. The molecule has 0 saturated carbocycles. The first-order valence-corrected chi connectivity index (χ1v) is 7.30. The van der Waals surface area contributed by atoms with Crippen LogP contribution in [0.5, 0.6) is 0 Å². The molecule has 2 aromatic carbocycles. The Morgan fingerprint density at radius 3 is 2.48 bits per heavy atom. The molecule has 0 atom stereocenters. The second kappa shape index (κ2) is 5.96. The van der Waals surface area contributed by atoms with E-state index in [9.17, 15) is 9.59 Å². The number of nitrogen functional groups attached to an aromatic ring is 1. The molecule has 0 fully saturated rings. The number of anilines is 1. The van der Waals surface area contributed by atoms with Gasteiger partial charge in [-0.1, -0.05) is 30.3 Å². The summed E-state index contributed by atoms with van der Waals surface area (Å²) in [6, 6.07) is 14.1. The van der Waals surface area contributed by atoms with Crippen molar-refractivity contribution in [3.63, 3.8) is 0 Å². The van der Waals surface area contributed by atoms with E-state index in [1.807, 2.05) is 12.1 Å². The Kier molecular flexibility index (Phi) is 3.85. The minimum absolute atomic E-state index is 0.220. The summed E-state index contributed by atoms with van der Waals surface area (Å²) in [5.74, 6) is -0.220. The van der Waals surface area contributed by atoms with Gasteiger partial charge >= 0.3 is 6.09 Å². The number of hydrogen-bond acceptors (Lipinski definition) is 4. The monoisotopic (exact) mass is 308 g/mol. The van der Waals surface area contributed by atoms with E-state index in [0.29, 0.717) is 27.7 Å². The quantitative estimate of drug-likeness (QED) is 0.594. The Hall–Kier alpha value is -3.08. The van der Waals surface area contributed by atoms with E-state index in [-0.39, 0.29) is 12.4 Å². The molecular weight excluding hydrogens is 292 g/mol. The van der Waals surface area contributed by atoms with Gasteiger partial charge in [0.15, 0.2) is 5.78 Å². The molecule has 0 bridgehead atoms. The van der Waals surface area contributed by atoms with Crippen molar-refractivity contribution in [2.45, 2.75) is 6.92 Å². The number of benzene rings is 2. The predicted octanol–water partition coefficient (Wildman–Crippen LogP) is 3.46. The maximum atomic E-state index is 12.8. The van der Waals surface area contributed by atoms with Gasteiger partial charge < -0.3 is 10.5 Å². The molecule has 3 rings (SSSR count). The zero-order chi connectivity index (χ0) is 16.4. The molecule has 5 heteroatoms. The van der Waals surface area contributed by atoms with Crippen LogP contribution in [0.15, 0.2) is 54.7 Å². The van der Waals surface area contributed by atoms with Crippen molar-refractivity contribution in [2.75, 3.05) is 12.3 Å². The fraction of sp³-hybridized carbons (Fsp3) is 0.111. The van der Waals surface area contributed by atoms with Crippen molar-refractivity contribution in [1.29, 1.82) is 0 Å². The van der Waals surface area contributed by atoms with E-state index < -0.39 is 6.09 Å². The molecule has 2 N–H and O–H groups in total.